The van der Waals surface area contributed by atoms with Crippen LogP contribution in [0.5, 0.6) is 0 Å². The van der Waals surface area contributed by atoms with Crippen molar-refractivity contribution >= 4 is 29.6 Å². The van der Waals surface area contributed by atoms with E-state index in [0.717, 1.165) is 15.6 Å². The number of hydrogen-bond acceptors (Lipinski definition) is 2. The summed E-state index contributed by atoms with van der Waals surface area (Å²) in [7, 11) is -1.37. The largest absolute Gasteiger partial charge is 0.466 e. The number of carbonyl (C=O) groups excluding carboxylic acids is 1. The lowest BCUT2D eigenvalue weighted by atomic mass is 10.3. The Hall–Kier alpha value is -2.91. The van der Waals surface area contributed by atoms with E-state index in [1.807, 2.05) is 54.6 Å². The molecule has 0 amide bonds. The zero-order chi connectivity index (χ0) is 17.7. The van der Waals surface area contributed by atoms with E-state index in [4.69, 9.17) is 4.74 Å². The van der Waals surface area contributed by atoms with E-state index >= 15 is 0 Å². The molecule has 0 atom stereocenters. The summed E-state index contributed by atoms with van der Waals surface area (Å²) in [6.45, 7) is 4.21. The molecule has 0 aliphatic heterocycles. The highest BCUT2D eigenvalue weighted by Crippen LogP contribution is 2.17. The van der Waals surface area contributed by atoms with Crippen LogP contribution in [-0.4, -0.2) is 21.2 Å². The molecule has 0 aromatic heterocycles. The molecular formula is C22H20O2Si. The molecule has 0 saturated heterocycles. The summed E-state index contributed by atoms with van der Waals surface area (Å²) >= 11 is 0. The second-order valence-corrected chi connectivity index (χ2v) is 9.65. The Bertz CT molecular complexity index is 762. The zero-order valence-electron chi connectivity index (χ0n) is 14.2. The Labute approximate surface area is 149 Å². The van der Waals surface area contributed by atoms with Crippen LogP contribution in [0.3, 0.4) is 0 Å². The van der Waals surface area contributed by atoms with Crippen molar-refractivity contribution in [2.75, 3.05) is 7.11 Å². The van der Waals surface area contributed by atoms with Crippen LogP contribution in [0.2, 0.25) is 0 Å². The smallest absolute Gasteiger partial charge is 0.330 e. The molecule has 0 heterocycles. The number of ether oxygens (including phenoxy) is 1. The minimum absolute atomic E-state index is 0.358. The first-order chi connectivity index (χ1) is 12.2. The molecule has 0 aliphatic rings. The molecule has 0 spiro atoms. The third-order valence-electron chi connectivity index (χ3n) is 4.50. The predicted molar refractivity (Wildman–Crippen MR) is 105 cm³/mol. The van der Waals surface area contributed by atoms with Gasteiger partial charge in [-0.05, 0) is 15.6 Å². The summed E-state index contributed by atoms with van der Waals surface area (Å²) in [5.41, 5.74) is 0. The van der Waals surface area contributed by atoms with Crippen molar-refractivity contribution in [3.05, 3.63) is 103 Å². The van der Waals surface area contributed by atoms with Gasteiger partial charge in [0, 0.05) is 5.20 Å². The lowest BCUT2D eigenvalue weighted by Gasteiger charge is -2.34. The SMILES string of the molecule is C=C(C(=O)OC)[Si](c1ccccc1)(c1ccccc1)c1ccccc1. The normalized spacial score (nSPS) is 10.9. The summed E-state index contributed by atoms with van der Waals surface area (Å²) in [4.78, 5) is 12.6. The lowest BCUT2D eigenvalue weighted by Crippen LogP contribution is -2.69. The maximum Gasteiger partial charge on any atom is 0.330 e. The molecule has 0 saturated carbocycles. The van der Waals surface area contributed by atoms with E-state index in [1.165, 1.54) is 7.11 Å². The molecule has 3 heteroatoms. The van der Waals surface area contributed by atoms with E-state index in [1.54, 1.807) is 0 Å². The molecule has 0 bridgehead atoms. The minimum Gasteiger partial charge on any atom is -0.466 e. The monoisotopic (exact) mass is 344 g/mol. The molecule has 0 N–H and O–H groups in total. The van der Waals surface area contributed by atoms with Crippen LogP contribution >= 0.6 is 0 Å². The molecular weight excluding hydrogens is 324 g/mol. The van der Waals surface area contributed by atoms with Gasteiger partial charge in [0.1, 0.15) is 0 Å². The lowest BCUT2D eigenvalue weighted by molar-refractivity contribution is -0.135. The number of hydrogen-bond donors (Lipinski definition) is 0. The van der Waals surface area contributed by atoms with Crippen molar-refractivity contribution in [2.45, 2.75) is 0 Å². The summed E-state index contributed by atoms with van der Waals surface area (Å²) in [6.07, 6.45) is 0. The fourth-order valence-electron chi connectivity index (χ4n) is 3.36. The second kappa shape index (κ2) is 7.32. The molecule has 2 nitrogen and oxygen atoms in total. The van der Waals surface area contributed by atoms with Gasteiger partial charge in [-0.2, -0.15) is 0 Å². The average molecular weight is 344 g/mol. The van der Waals surface area contributed by atoms with Crippen molar-refractivity contribution in [3.63, 3.8) is 0 Å². The zero-order valence-corrected chi connectivity index (χ0v) is 15.2. The third-order valence-corrected chi connectivity index (χ3v) is 9.21. The number of methoxy groups -OCH3 is 1. The van der Waals surface area contributed by atoms with E-state index in [2.05, 4.69) is 43.0 Å². The average Bonchev–Trinajstić information content (AvgIpc) is 2.70. The van der Waals surface area contributed by atoms with Crippen LogP contribution in [0.1, 0.15) is 0 Å². The van der Waals surface area contributed by atoms with Gasteiger partial charge < -0.3 is 4.74 Å². The number of rotatable bonds is 5. The Morgan fingerprint density at radius 2 is 1.04 bits per heavy atom. The highest BCUT2D eigenvalue weighted by molar-refractivity contribution is 7.18. The van der Waals surface area contributed by atoms with E-state index < -0.39 is 8.07 Å². The Kier molecular flexibility index (Phi) is 4.96. The minimum atomic E-state index is -2.78. The van der Waals surface area contributed by atoms with Crippen LogP contribution in [0.25, 0.3) is 0 Å². The molecule has 124 valence electrons. The van der Waals surface area contributed by atoms with E-state index in [9.17, 15) is 4.79 Å². The highest BCUT2D eigenvalue weighted by atomic mass is 28.3. The first-order valence-corrected chi connectivity index (χ1v) is 10.2. The van der Waals surface area contributed by atoms with Gasteiger partial charge in [-0.25, -0.2) is 4.79 Å². The molecule has 3 aromatic rings. The van der Waals surface area contributed by atoms with E-state index in [0.29, 0.717) is 5.20 Å². The first kappa shape index (κ1) is 16.9. The molecule has 0 fully saturated rings. The van der Waals surface area contributed by atoms with E-state index in [-0.39, 0.29) is 5.97 Å². The molecule has 0 radical (unpaired) electrons. The van der Waals surface area contributed by atoms with Crippen molar-refractivity contribution < 1.29 is 9.53 Å². The summed E-state index contributed by atoms with van der Waals surface area (Å²) in [6, 6.07) is 30.5. The Morgan fingerprint density at radius 3 is 1.32 bits per heavy atom. The van der Waals surface area contributed by atoms with Crippen LogP contribution in [0, 0.1) is 0 Å². The maximum atomic E-state index is 12.6. The topological polar surface area (TPSA) is 26.3 Å². The van der Waals surface area contributed by atoms with Gasteiger partial charge in [-0.15, -0.1) is 0 Å². The van der Waals surface area contributed by atoms with Gasteiger partial charge in [0.05, 0.1) is 7.11 Å². The number of benzene rings is 3. The predicted octanol–water partition coefficient (Wildman–Crippen LogP) is 2.43. The molecule has 25 heavy (non-hydrogen) atoms. The van der Waals surface area contributed by atoms with Gasteiger partial charge in [0.25, 0.3) is 0 Å². The molecule has 0 aliphatic carbocycles. The van der Waals surface area contributed by atoms with Crippen LogP contribution < -0.4 is 15.6 Å². The van der Waals surface area contributed by atoms with Crippen LogP contribution in [-0.2, 0) is 9.53 Å². The Balaban J connectivity index is 2.40. The Morgan fingerprint density at radius 1 is 0.720 bits per heavy atom. The molecule has 0 unspecified atom stereocenters. The van der Waals surface area contributed by atoms with Crippen molar-refractivity contribution in [2.24, 2.45) is 0 Å². The second-order valence-electron chi connectivity index (χ2n) is 5.82. The summed E-state index contributed by atoms with van der Waals surface area (Å²) < 4.78 is 5.08. The first-order valence-electron chi connectivity index (χ1n) is 8.15. The standard InChI is InChI=1S/C22H20O2Si/c1-18(22(23)24-2)25(19-12-6-3-7-13-19,20-14-8-4-9-15-20)21-16-10-5-11-17-21/h3-17H,1H2,2H3. The third kappa shape index (κ3) is 2.94. The van der Waals surface area contributed by atoms with Gasteiger partial charge in [-0.1, -0.05) is 97.6 Å². The fraction of sp³-hybridized carbons (Fsp3) is 0.0455. The quantitative estimate of drug-likeness (QED) is 0.308. The summed E-state index contributed by atoms with van der Waals surface area (Å²) in [5, 5.41) is 3.87. The fourth-order valence-corrected chi connectivity index (χ4v) is 7.89. The van der Waals surface area contributed by atoms with Crippen molar-refractivity contribution in [3.8, 4) is 0 Å². The molecule has 3 aromatic carbocycles. The van der Waals surface area contributed by atoms with Crippen molar-refractivity contribution in [1.29, 1.82) is 0 Å². The van der Waals surface area contributed by atoms with Gasteiger partial charge in [0.15, 0.2) is 8.07 Å². The van der Waals surface area contributed by atoms with Crippen molar-refractivity contribution in [1.82, 2.24) is 0 Å². The highest BCUT2D eigenvalue weighted by Gasteiger charge is 2.45. The van der Waals surface area contributed by atoms with Crippen LogP contribution in [0.4, 0.5) is 0 Å². The summed E-state index contributed by atoms with van der Waals surface area (Å²) in [5.74, 6) is -0.358. The van der Waals surface area contributed by atoms with Crippen LogP contribution in [0.15, 0.2) is 103 Å². The maximum absolute atomic E-state index is 12.6. The van der Waals surface area contributed by atoms with Gasteiger partial charge in [0.2, 0.25) is 0 Å². The molecule has 3 rings (SSSR count). The number of carbonyl (C=O) groups is 1. The number of esters is 1. The van der Waals surface area contributed by atoms with Gasteiger partial charge >= 0.3 is 5.97 Å². The van der Waals surface area contributed by atoms with Gasteiger partial charge in [-0.3, -0.25) is 0 Å².